The number of nitrogens with zero attached hydrogens (tertiary/aromatic N) is 1. The SMILES string of the molecule is Cc1cccc(C=CC(=O)NCc2cccnc2OCC(F)(F)F)c1. The lowest BCUT2D eigenvalue weighted by atomic mass is 10.1. The quantitative estimate of drug-likeness (QED) is 0.809. The lowest BCUT2D eigenvalue weighted by molar-refractivity contribution is -0.154. The molecule has 4 nitrogen and oxygen atoms in total. The van der Waals surface area contributed by atoms with Crippen molar-refractivity contribution in [1.82, 2.24) is 10.3 Å². The van der Waals surface area contributed by atoms with E-state index in [1.54, 1.807) is 18.2 Å². The van der Waals surface area contributed by atoms with Gasteiger partial charge in [-0.05, 0) is 24.6 Å². The number of halogens is 3. The summed E-state index contributed by atoms with van der Waals surface area (Å²) in [7, 11) is 0. The van der Waals surface area contributed by atoms with E-state index in [1.807, 2.05) is 31.2 Å². The van der Waals surface area contributed by atoms with Gasteiger partial charge in [-0.15, -0.1) is 0 Å². The van der Waals surface area contributed by atoms with Gasteiger partial charge in [0.25, 0.3) is 0 Å². The molecule has 1 heterocycles. The second-order valence-corrected chi connectivity index (χ2v) is 5.34. The Morgan fingerprint density at radius 1 is 1.28 bits per heavy atom. The maximum absolute atomic E-state index is 12.2. The molecule has 1 amide bonds. The molecule has 2 rings (SSSR count). The van der Waals surface area contributed by atoms with Crippen LogP contribution in [0.1, 0.15) is 16.7 Å². The summed E-state index contributed by atoms with van der Waals surface area (Å²) in [5.41, 5.74) is 2.32. The number of alkyl halides is 3. The first kappa shape index (κ1) is 18.5. The van der Waals surface area contributed by atoms with Crippen molar-refractivity contribution in [2.24, 2.45) is 0 Å². The van der Waals surface area contributed by atoms with Crippen LogP contribution in [0, 0.1) is 6.92 Å². The highest BCUT2D eigenvalue weighted by molar-refractivity contribution is 5.91. The van der Waals surface area contributed by atoms with Crippen molar-refractivity contribution in [1.29, 1.82) is 0 Å². The van der Waals surface area contributed by atoms with Gasteiger partial charge in [0.1, 0.15) is 0 Å². The van der Waals surface area contributed by atoms with Gasteiger partial charge in [0, 0.05) is 24.4 Å². The number of carbonyl (C=O) groups excluding carboxylic acids is 1. The molecule has 2 aromatic rings. The van der Waals surface area contributed by atoms with Crippen molar-refractivity contribution in [2.45, 2.75) is 19.6 Å². The molecular weight excluding hydrogens is 333 g/mol. The molecule has 0 aliphatic rings. The highest BCUT2D eigenvalue weighted by atomic mass is 19.4. The van der Waals surface area contributed by atoms with Gasteiger partial charge >= 0.3 is 6.18 Å². The average Bonchev–Trinajstić information content (AvgIpc) is 2.56. The summed E-state index contributed by atoms with van der Waals surface area (Å²) >= 11 is 0. The molecule has 0 fully saturated rings. The first-order valence-corrected chi connectivity index (χ1v) is 7.49. The van der Waals surface area contributed by atoms with E-state index >= 15 is 0 Å². The van der Waals surface area contributed by atoms with Crippen molar-refractivity contribution >= 4 is 12.0 Å². The van der Waals surface area contributed by atoms with Gasteiger partial charge in [-0.1, -0.05) is 35.9 Å². The minimum absolute atomic E-state index is 0.0119. The summed E-state index contributed by atoms with van der Waals surface area (Å²) < 4.78 is 41.4. The summed E-state index contributed by atoms with van der Waals surface area (Å²) in [5.74, 6) is -0.519. The number of hydrogen-bond acceptors (Lipinski definition) is 3. The van der Waals surface area contributed by atoms with Crippen LogP contribution >= 0.6 is 0 Å². The summed E-state index contributed by atoms with van der Waals surface area (Å²) in [5, 5.41) is 2.59. The van der Waals surface area contributed by atoms with Crippen molar-refractivity contribution < 1.29 is 22.7 Å². The van der Waals surface area contributed by atoms with Gasteiger partial charge in [-0.3, -0.25) is 4.79 Å². The van der Waals surface area contributed by atoms with Crippen LogP contribution in [0.4, 0.5) is 13.2 Å². The lowest BCUT2D eigenvalue weighted by Gasteiger charge is -2.12. The molecule has 0 aliphatic heterocycles. The minimum atomic E-state index is -4.45. The number of aryl methyl sites for hydroxylation is 1. The number of ether oxygens (including phenoxy) is 1. The first-order valence-electron chi connectivity index (χ1n) is 7.49. The molecule has 0 saturated carbocycles. The zero-order chi connectivity index (χ0) is 18.3. The number of amides is 1. The number of benzene rings is 1. The van der Waals surface area contributed by atoms with E-state index < -0.39 is 12.8 Å². The molecule has 0 aliphatic carbocycles. The summed E-state index contributed by atoms with van der Waals surface area (Å²) in [6.45, 7) is 0.526. The van der Waals surface area contributed by atoms with Crippen molar-refractivity contribution in [3.8, 4) is 5.88 Å². The number of aromatic nitrogens is 1. The van der Waals surface area contributed by atoms with Crippen LogP contribution in [0.15, 0.2) is 48.7 Å². The van der Waals surface area contributed by atoms with Crippen LogP contribution in [0.3, 0.4) is 0 Å². The van der Waals surface area contributed by atoms with Crippen LogP contribution in [0.2, 0.25) is 0 Å². The summed E-state index contributed by atoms with van der Waals surface area (Å²) in [6, 6.07) is 10.7. The van der Waals surface area contributed by atoms with Crippen molar-refractivity contribution in [3.05, 3.63) is 65.4 Å². The Hall–Kier alpha value is -2.83. The smallest absolute Gasteiger partial charge is 0.422 e. The topological polar surface area (TPSA) is 51.2 Å². The minimum Gasteiger partial charge on any atom is -0.468 e. The summed E-state index contributed by atoms with van der Waals surface area (Å²) in [6.07, 6.45) is -0.0999. The van der Waals surface area contributed by atoms with Crippen molar-refractivity contribution in [2.75, 3.05) is 6.61 Å². The third-order valence-corrected chi connectivity index (χ3v) is 3.14. The maximum Gasteiger partial charge on any atom is 0.422 e. The number of pyridine rings is 1. The normalized spacial score (nSPS) is 11.5. The fourth-order valence-corrected chi connectivity index (χ4v) is 2.03. The molecule has 1 aromatic carbocycles. The van der Waals surface area contributed by atoms with Gasteiger partial charge in [-0.25, -0.2) is 4.98 Å². The zero-order valence-electron chi connectivity index (χ0n) is 13.5. The van der Waals surface area contributed by atoms with Crippen LogP contribution in [0.5, 0.6) is 5.88 Å². The molecular formula is C18H17F3N2O2. The van der Waals surface area contributed by atoms with E-state index in [0.717, 1.165) is 11.1 Å². The third-order valence-electron chi connectivity index (χ3n) is 3.14. The average molecular weight is 350 g/mol. The highest BCUT2D eigenvalue weighted by Gasteiger charge is 2.29. The van der Waals surface area contributed by atoms with Gasteiger partial charge in [0.15, 0.2) is 6.61 Å². The second-order valence-electron chi connectivity index (χ2n) is 5.34. The Morgan fingerprint density at radius 3 is 2.80 bits per heavy atom. The highest BCUT2D eigenvalue weighted by Crippen LogP contribution is 2.19. The van der Waals surface area contributed by atoms with E-state index in [9.17, 15) is 18.0 Å². The van der Waals surface area contributed by atoms with E-state index in [0.29, 0.717) is 5.56 Å². The molecule has 0 saturated heterocycles. The molecule has 1 aromatic heterocycles. The molecule has 0 unspecified atom stereocenters. The molecule has 25 heavy (non-hydrogen) atoms. The molecule has 1 N–H and O–H groups in total. The Morgan fingerprint density at radius 2 is 2.08 bits per heavy atom. The summed E-state index contributed by atoms with van der Waals surface area (Å²) in [4.78, 5) is 15.6. The Labute approximate surface area is 143 Å². The molecule has 0 bridgehead atoms. The zero-order valence-corrected chi connectivity index (χ0v) is 13.5. The Balaban J connectivity index is 1.93. The number of carbonyl (C=O) groups is 1. The largest absolute Gasteiger partial charge is 0.468 e. The lowest BCUT2D eigenvalue weighted by Crippen LogP contribution is -2.23. The second kappa shape index (κ2) is 8.32. The molecule has 0 radical (unpaired) electrons. The van der Waals surface area contributed by atoms with Crippen LogP contribution in [-0.2, 0) is 11.3 Å². The number of hydrogen-bond donors (Lipinski definition) is 1. The third kappa shape index (κ3) is 6.66. The fourth-order valence-electron chi connectivity index (χ4n) is 2.03. The predicted octanol–water partition coefficient (Wildman–Crippen LogP) is 3.66. The molecule has 0 atom stereocenters. The first-order chi connectivity index (χ1) is 11.8. The van der Waals surface area contributed by atoms with E-state index in [-0.39, 0.29) is 18.3 Å². The van der Waals surface area contributed by atoms with Gasteiger partial charge in [0.2, 0.25) is 11.8 Å². The Kier molecular flexibility index (Phi) is 6.16. The molecule has 0 spiro atoms. The van der Waals surface area contributed by atoms with Gasteiger partial charge in [-0.2, -0.15) is 13.2 Å². The van der Waals surface area contributed by atoms with E-state index in [2.05, 4.69) is 15.0 Å². The maximum atomic E-state index is 12.2. The molecule has 7 heteroatoms. The monoisotopic (exact) mass is 350 g/mol. The van der Waals surface area contributed by atoms with E-state index in [4.69, 9.17) is 0 Å². The molecule has 132 valence electrons. The van der Waals surface area contributed by atoms with Crippen LogP contribution in [0.25, 0.3) is 6.08 Å². The van der Waals surface area contributed by atoms with Crippen LogP contribution in [-0.4, -0.2) is 23.7 Å². The van der Waals surface area contributed by atoms with E-state index in [1.165, 1.54) is 12.3 Å². The van der Waals surface area contributed by atoms with Gasteiger partial charge < -0.3 is 10.1 Å². The number of nitrogens with one attached hydrogen (secondary N) is 1. The fraction of sp³-hybridized carbons (Fsp3) is 0.222. The van der Waals surface area contributed by atoms with Crippen LogP contribution < -0.4 is 10.1 Å². The predicted molar refractivity (Wildman–Crippen MR) is 87.8 cm³/mol. The van der Waals surface area contributed by atoms with Gasteiger partial charge in [0.05, 0.1) is 0 Å². The number of rotatable bonds is 6. The van der Waals surface area contributed by atoms with Crippen molar-refractivity contribution in [3.63, 3.8) is 0 Å². The standard InChI is InChI=1S/C18H17F3N2O2/c1-13-4-2-5-14(10-13)7-8-16(24)23-11-15-6-3-9-22-17(15)25-12-18(19,20)21/h2-10H,11-12H2,1H3,(H,23,24). The Bertz CT molecular complexity index is 758.